The van der Waals surface area contributed by atoms with Crippen LogP contribution in [0, 0.1) is 5.92 Å². The van der Waals surface area contributed by atoms with Gasteiger partial charge in [0.2, 0.25) is 5.78 Å². The van der Waals surface area contributed by atoms with E-state index in [1.807, 2.05) is 10.8 Å². The average molecular weight is 264 g/mol. The first-order valence-corrected chi connectivity index (χ1v) is 7.24. The molecule has 4 heteroatoms. The molecule has 1 heterocycles. The summed E-state index contributed by atoms with van der Waals surface area (Å²) in [5.41, 5.74) is -0.658. The normalized spacial score (nSPS) is 27.4. The number of ketones is 1. The molecule has 0 spiro atoms. The smallest absolute Gasteiger partial charge is 0.229 e. The Hall–Kier alpha value is -1.16. The molecule has 1 aromatic rings. The van der Waals surface area contributed by atoms with Crippen molar-refractivity contribution in [2.45, 2.75) is 58.1 Å². The molecule has 2 rings (SSSR count). The third-order valence-corrected chi connectivity index (χ3v) is 4.14. The number of aryl methyl sites for hydroxylation is 1. The lowest BCUT2D eigenvalue weighted by atomic mass is 9.76. The van der Waals surface area contributed by atoms with Crippen molar-refractivity contribution in [1.29, 1.82) is 0 Å². The second-order valence-electron chi connectivity index (χ2n) is 5.67. The van der Waals surface area contributed by atoms with Gasteiger partial charge in [0.1, 0.15) is 5.60 Å². The van der Waals surface area contributed by atoms with Crippen LogP contribution in [-0.2, 0) is 11.3 Å². The monoisotopic (exact) mass is 264 g/mol. The SMILES string of the molecule is CCCn1ccnc1C(=O)C1(OC)CCCC(C)C1. The number of nitrogens with zero attached hydrogens (tertiary/aromatic N) is 2. The number of Topliss-reactive ketones (excluding diaryl/α,β-unsaturated/α-hetero) is 1. The third-order valence-electron chi connectivity index (χ3n) is 4.14. The molecule has 2 unspecified atom stereocenters. The van der Waals surface area contributed by atoms with Gasteiger partial charge in [-0.25, -0.2) is 4.98 Å². The topological polar surface area (TPSA) is 44.1 Å². The van der Waals surface area contributed by atoms with E-state index in [1.165, 1.54) is 6.42 Å². The summed E-state index contributed by atoms with van der Waals surface area (Å²) in [6.07, 6.45) is 8.43. The second-order valence-corrected chi connectivity index (χ2v) is 5.67. The third kappa shape index (κ3) is 2.73. The fourth-order valence-electron chi connectivity index (χ4n) is 3.13. The summed E-state index contributed by atoms with van der Waals surface area (Å²) in [7, 11) is 1.66. The number of carbonyl (C=O) groups is 1. The Morgan fingerprint density at radius 2 is 2.42 bits per heavy atom. The molecule has 0 bridgehead atoms. The minimum Gasteiger partial charge on any atom is -0.370 e. The van der Waals surface area contributed by atoms with Gasteiger partial charge >= 0.3 is 0 Å². The van der Waals surface area contributed by atoms with Crippen LogP contribution in [0.1, 0.15) is 56.6 Å². The van der Waals surface area contributed by atoms with Crippen LogP contribution in [0.4, 0.5) is 0 Å². The number of ether oxygens (including phenoxy) is 1. The van der Waals surface area contributed by atoms with E-state index in [0.717, 1.165) is 32.2 Å². The molecule has 0 N–H and O–H groups in total. The molecule has 0 aromatic carbocycles. The average Bonchev–Trinajstić information content (AvgIpc) is 2.86. The van der Waals surface area contributed by atoms with Gasteiger partial charge in [0, 0.05) is 26.0 Å². The number of aromatic nitrogens is 2. The molecule has 1 saturated carbocycles. The van der Waals surface area contributed by atoms with Crippen LogP contribution < -0.4 is 0 Å². The van der Waals surface area contributed by atoms with Crippen molar-refractivity contribution in [2.24, 2.45) is 5.92 Å². The van der Waals surface area contributed by atoms with Gasteiger partial charge in [-0.3, -0.25) is 4.79 Å². The Bertz CT molecular complexity index is 441. The van der Waals surface area contributed by atoms with Gasteiger partial charge in [-0.1, -0.05) is 20.3 Å². The van der Waals surface area contributed by atoms with Crippen molar-refractivity contribution in [3.8, 4) is 0 Å². The number of rotatable bonds is 5. The van der Waals surface area contributed by atoms with Gasteiger partial charge in [-0.15, -0.1) is 0 Å². The Morgan fingerprint density at radius 1 is 1.63 bits per heavy atom. The predicted molar refractivity (Wildman–Crippen MR) is 74.2 cm³/mol. The molecular weight excluding hydrogens is 240 g/mol. The fourth-order valence-corrected chi connectivity index (χ4v) is 3.13. The van der Waals surface area contributed by atoms with Crippen LogP contribution in [0.25, 0.3) is 0 Å². The lowest BCUT2D eigenvalue weighted by Gasteiger charge is -2.37. The molecule has 0 aliphatic heterocycles. The molecule has 1 fully saturated rings. The Kier molecular flexibility index (Phi) is 4.40. The van der Waals surface area contributed by atoms with Crippen LogP contribution in [0.3, 0.4) is 0 Å². The van der Waals surface area contributed by atoms with E-state index in [9.17, 15) is 4.79 Å². The molecule has 4 nitrogen and oxygen atoms in total. The second kappa shape index (κ2) is 5.87. The van der Waals surface area contributed by atoms with E-state index >= 15 is 0 Å². The van der Waals surface area contributed by atoms with Crippen LogP contribution in [0.2, 0.25) is 0 Å². The number of hydrogen-bond acceptors (Lipinski definition) is 3. The van der Waals surface area contributed by atoms with Gasteiger partial charge in [0.15, 0.2) is 5.82 Å². The molecule has 0 radical (unpaired) electrons. The number of hydrogen-bond donors (Lipinski definition) is 0. The molecule has 0 saturated heterocycles. The lowest BCUT2D eigenvalue weighted by Crippen LogP contribution is -2.45. The van der Waals surface area contributed by atoms with Crippen LogP contribution >= 0.6 is 0 Å². The summed E-state index contributed by atoms with van der Waals surface area (Å²) in [6, 6.07) is 0. The summed E-state index contributed by atoms with van der Waals surface area (Å²) in [5, 5.41) is 0. The zero-order valence-corrected chi connectivity index (χ0v) is 12.2. The summed E-state index contributed by atoms with van der Waals surface area (Å²) < 4.78 is 7.61. The molecule has 2 atom stereocenters. The molecule has 1 aliphatic rings. The number of carbonyl (C=O) groups excluding carboxylic acids is 1. The van der Waals surface area contributed by atoms with Gasteiger partial charge in [-0.2, -0.15) is 0 Å². The fraction of sp³-hybridized carbons (Fsp3) is 0.733. The standard InChI is InChI=1S/C15H24N2O2/c1-4-9-17-10-8-16-14(17)13(18)15(19-3)7-5-6-12(2)11-15/h8,10,12H,4-7,9,11H2,1-3H3. The zero-order valence-electron chi connectivity index (χ0n) is 12.2. The van der Waals surface area contributed by atoms with Gasteiger partial charge in [0.05, 0.1) is 0 Å². The molecule has 1 aliphatic carbocycles. The predicted octanol–water partition coefficient (Wildman–Crippen LogP) is 3.07. The van der Waals surface area contributed by atoms with Crippen LogP contribution in [0.15, 0.2) is 12.4 Å². The zero-order chi connectivity index (χ0) is 13.9. The first kappa shape index (κ1) is 14.3. The summed E-state index contributed by atoms with van der Waals surface area (Å²) in [4.78, 5) is 17.1. The summed E-state index contributed by atoms with van der Waals surface area (Å²) >= 11 is 0. The first-order valence-electron chi connectivity index (χ1n) is 7.24. The maximum absolute atomic E-state index is 12.8. The van der Waals surface area contributed by atoms with Gasteiger partial charge in [0.25, 0.3) is 0 Å². The molecule has 0 amide bonds. The van der Waals surface area contributed by atoms with Crippen molar-refractivity contribution >= 4 is 5.78 Å². The maximum atomic E-state index is 12.8. The van der Waals surface area contributed by atoms with Crippen molar-refractivity contribution < 1.29 is 9.53 Å². The lowest BCUT2D eigenvalue weighted by molar-refractivity contribution is -0.0312. The largest absolute Gasteiger partial charge is 0.370 e. The Balaban J connectivity index is 2.27. The van der Waals surface area contributed by atoms with E-state index in [1.54, 1.807) is 13.3 Å². The molecular formula is C15H24N2O2. The van der Waals surface area contributed by atoms with Crippen LogP contribution in [0.5, 0.6) is 0 Å². The number of methoxy groups -OCH3 is 1. The first-order chi connectivity index (χ1) is 9.13. The highest BCUT2D eigenvalue weighted by Crippen LogP contribution is 2.37. The Morgan fingerprint density at radius 3 is 3.05 bits per heavy atom. The highest BCUT2D eigenvalue weighted by atomic mass is 16.5. The van der Waals surface area contributed by atoms with E-state index in [-0.39, 0.29) is 5.78 Å². The van der Waals surface area contributed by atoms with Crippen molar-refractivity contribution in [1.82, 2.24) is 9.55 Å². The maximum Gasteiger partial charge on any atom is 0.229 e. The molecule has 1 aromatic heterocycles. The van der Waals surface area contributed by atoms with E-state index < -0.39 is 5.60 Å². The van der Waals surface area contributed by atoms with Crippen molar-refractivity contribution in [3.63, 3.8) is 0 Å². The van der Waals surface area contributed by atoms with Gasteiger partial charge in [-0.05, 0) is 31.6 Å². The van der Waals surface area contributed by atoms with Crippen molar-refractivity contribution in [3.05, 3.63) is 18.2 Å². The minimum absolute atomic E-state index is 0.0556. The molecule has 106 valence electrons. The van der Waals surface area contributed by atoms with E-state index in [2.05, 4.69) is 18.8 Å². The van der Waals surface area contributed by atoms with Crippen molar-refractivity contribution in [2.75, 3.05) is 7.11 Å². The van der Waals surface area contributed by atoms with E-state index in [0.29, 0.717) is 11.7 Å². The van der Waals surface area contributed by atoms with Gasteiger partial charge < -0.3 is 9.30 Å². The quantitative estimate of drug-likeness (QED) is 0.768. The number of imidazole rings is 1. The highest BCUT2D eigenvalue weighted by molar-refractivity contribution is 5.99. The van der Waals surface area contributed by atoms with Crippen LogP contribution in [-0.4, -0.2) is 28.0 Å². The minimum atomic E-state index is -0.658. The summed E-state index contributed by atoms with van der Waals surface area (Å²) in [5.74, 6) is 1.14. The summed E-state index contributed by atoms with van der Waals surface area (Å²) in [6.45, 7) is 5.12. The molecule has 19 heavy (non-hydrogen) atoms. The highest BCUT2D eigenvalue weighted by Gasteiger charge is 2.43. The Labute approximate surface area is 115 Å². The van der Waals surface area contributed by atoms with E-state index in [4.69, 9.17) is 4.74 Å².